The standard InChI is InChI=1S/C21H24N2O/c1-16(12-13-18-8-4-3-5-9-18)22-21(24)15-23-17(2)14-19-10-6-7-11-20(19)23/h3-11,14,16H,12-13,15H2,1-2H3,(H,22,24)/t16-/m1/s1. The van der Waals surface area contributed by atoms with Crippen molar-refractivity contribution in [2.75, 3.05) is 0 Å². The average Bonchev–Trinajstić information content (AvgIpc) is 2.90. The Labute approximate surface area is 143 Å². The summed E-state index contributed by atoms with van der Waals surface area (Å²) >= 11 is 0. The molecule has 0 unspecified atom stereocenters. The number of fused-ring (bicyclic) bond motifs is 1. The molecule has 0 aliphatic rings. The Bertz CT molecular complexity index is 820. The molecule has 0 fully saturated rings. The Morgan fingerprint density at radius 2 is 1.79 bits per heavy atom. The van der Waals surface area contributed by atoms with Crippen LogP contribution in [-0.4, -0.2) is 16.5 Å². The van der Waals surface area contributed by atoms with Crippen molar-refractivity contribution in [3.63, 3.8) is 0 Å². The molecule has 0 radical (unpaired) electrons. The lowest BCUT2D eigenvalue weighted by Crippen LogP contribution is -2.35. The molecule has 0 aliphatic carbocycles. The van der Waals surface area contributed by atoms with Crippen molar-refractivity contribution in [2.24, 2.45) is 0 Å². The van der Waals surface area contributed by atoms with Crippen molar-refractivity contribution in [1.29, 1.82) is 0 Å². The molecule has 0 bridgehead atoms. The number of benzene rings is 2. The SMILES string of the molecule is Cc1cc2ccccc2n1CC(=O)N[C@H](C)CCc1ccccc1. The second-order valence-electron chi connectivity index (χ2n) is 6.42. The van der Waals surface area contributed by atoms with Gasteiger partial charge in [-0.25, -0.2) is 0 Å². The summed E-state index contributed by atoms with van der Waals surface area (Å²) in [7, 11) is 0. The Morgan fingerprint density at radius 1 is 1.08 bits per heavy atom. The summed E-state index contributed by atoms with van der Waals surface area (Å²) in [5.74, 6) is 0.0695. The van der Waals surface area contributed by atoms with Crippen molar-refractivity contribution in [1.82, 2.24) is 9.88 Å². The molecule has 3 aromatic rings. The second-order valence-corrected chi connectivity index (χ2v) is 6.42. The van der Waals surface area contributed by atoms with Crippen LogP contribution in [0, 0.1) is 6.92 Å². The summed E-state index contributed by atoms with van der Waals surface area (Å²) in [5.41, 5.74) is 3.54. The molecule has 3 nitrogen and oxygen atoms in total. The minimum atomic E-state index is 0.0695. The highest BCUT2D eigenvalue weighted by Gasteiger charge is 2.11. The molecular weight excluding hydrogens is 296 g/mol. The summed E-state index contributed by atoms with van der Waals surface area (Å²) in [5, 5.41) is 4.30. The summed E-state index contributed by atoms with van der Waals surface area (Å²) in [6.07, 6.45) is 1.93. The van der Waals surface area contributed by atoms with Gasteiger partial charge in [-0.05, 0) is 49.8 Å². The maximum absolute atomic E-state index is 12.4. The lowest BCUT2D eigenvalue weighted by molar-refractivity contribution is -0.122. The molecule has 3 rings (SSSR count). The normalized spacial score (nSPS) is 12.2. The van der Waals surface area contributed by atoms with E-state index in [2.05, 4.69) is 59.3 Å². The smallest absolute Gasteiger partial charge is 0.240 e. The van der Waals surface area contributed by atoms with E-state index in [-0.39, 0.29) is 11.9 Å². The molecule has 1 amide bonds. The molecule has 1 aromatic heterocycles. The van der Waals surface area contributed by atoms with Gasteiger partial charge in [0.1, 0.15) is 6.54 Å². The van der Waals surface area contributed by atoms with Crippen molar-refractivity contribution in [2.45, 2.75) is 39.3 Å². The van der Waals surface area contributed by atoms with E-state index in [1.807, 2.05) is 25.1 Å². The number of hydrogen-bond acceptors (Lipinski definition) is 1. The number of amides is 1. The molecule has 1 N–H and O–H groups in total. The van der Waals surface area contributed by atoms with Crippen LogP contribution < -0.4 is 5.32 Å². The lowest BCUT2D eigenvalue weighted by Gasteiger charge is -2.15. The largest absolute Gasteiger partial charge is 0.352 e. The van der Waals surface area contributed by atoms with E-state index in [0.717, 1.165) is 24.1 Å². The molecule has 0 spiro atoms. The summed E-state index contributed by atoms with van der Waals surface area (Å²) in [4.78, 5) is 12.4. The molecule has 0 saturated carbocycles. The second kappa shape index (κ2) is 7.35. The average molecular weight is 320 g/mol. The topological polar surface area (TPSA) is 34.0 Å². The Hall–Kier alpha value is -2.55. The van der Waals surface area contributed by atoms with Crippen LogP contribution in [0.2, 0.25) is 0 Å². The van der Waals surface area contributed by atoms with E-state index in [1.54, 1.807) is 0 Å². The minimum absolute atomic E-state index is 0.0695. The number of aromatic nitrogens is 1. The van der Waals surface area contributed by atoms with Crippen molar-refractivity contribution in [3.05, 3.63) is 71.9 Å². The first-order valence-corrected chi connectivity index (χ1v) is 8.51. The quantitative estimate of drug-likeness (QED) is 0.729. The summed E-state index contributed by atoms with van der Waals surface area (Å²) < 4.78 is 2.08. The van der Waals surface area contributed by atoms with Gasteiger partial charge in [-0.3, -0.25) is 4.79 Å². The molecule has 2 aromatic carbocycles. The minimum Gasteiger partial charge on any atom is -0.352 e. The van der Waals surface area contributed by atoms with Crippen LogP contribution in [0.15, 0.2) is 60.7 Å². The van der Waals surface area contributed by atoms with Gasteiger partial charge in [0.2, 0.25) is 5.91 Å². The number of para-hydroxylation sites is 1. The van der Waals surface area contributed by atoms with Crippen LogP contribution in [0.25, 0.3) is 10.9 Å². The van der Waals surface area contributed by atoms with Crippen LogP contribution in [0.1, 0.15) is 24.6 Å². The van der Waals surface area contributed by atoms with Gasteiger partial charge in [0, 0.05) is 17.3 Å². The molecular formula is C21H24N2O. The van der Waals surface area contributed by atoms with Crippen LogP contribution in [0.5, 0.6) is 0 Å². The van der Waals surface area contributed by atoms with Gasteiger partial charge in [-0.2, -0.15) is 0 Å². The Balaban J connectivity index is 1.57. The number of nitrogens with zero attached hydrogens (tertiary/aromatic N) is 1. The van der Waals surface area contributed by atoms with Gasteiger partial charge < -0.3 is 9.88 Å². The monoisotopic (exact) mass is 320 g/mol. The maximum atomic E-state index is 12.4. The fourth-order valence-corrected chi connectivity index (χ4v) is 3.12. The van der Waals surface area contributed by atoms with Crippen LogP contribution >= 0.6 is 0 Å². The summed E-state index contributed by atoms with van der Waals surface area (Å²) in [6.45, 7) is 4.49. The van der Waals surface area contributed by atoms with Crippen molar-refractivity contribution >= 4 is 16.8 Å². The zero-order valence-electron chi connectivity index (χ0n) is 14.3. The third-order valence-electron chi connectivity index (χ3n) is 4.44. The van der Waals surface area contributed by atoms with E-state index in [4.69, 9.17) is 0 Å². The van der Waals surface area contributed by atoms with E-state index in [1.165, 1.54) is 10.9 Å². The highest BCUT2D eigenvalue weighted by atomic mass is 16.2. The maximum Gasteiger partial charge on any atom is 0.240 e. The van der Waals surface area contributed by atoms with Gasteiger partial charge in [0.05, 0.1) is 0 Å². The van der Waals surface area contributed by atoms with E-state index < -0.39 is 0 Å². The van der Waals surface area contributed by atoms with Gasteiger partial charge in [0.15, 0.2) is 0 Å². The molecule has 1 atom stereocenters. The predicted octanol–water partition coefficient (Wildman–Crippen LogP) is 4.09. The number of carbonyl (C=O) groups is 1. The Morgan fingerprint density at radius 3 is 2.58 bits per heavy atom. The first kappa shape index (κ1) is 16.3. The third kappa shape index (κ3) is 3.85. The van der Waals surface area contributed by atoms with Crippen LogP contribution in [-0.2, 0) is 17.8 Å². The molecule has 3 heteroatoms. The number of carbonyl (C=O) groups excluding carboxylic acids is 1. The molecule has 24 heavy (non-hydrogen) atoms. The molecule has 1 heterocycles. The number of aryl methyl sites for hydroxylation is 2. The van der Waals surface area contributed by atoms with Crippen LogP contribution in [0.4, 0.5) is 0 Å². The van der Waals surface area contributed by atoms with Crippen molar-refractivity contribution < 1.29 is 4.79 Å². The molecule has 0 aliphatic heterocycles. The predicted molar refractivity (Wildman–Crippen MR) is 99.0 cm³/mol. The Kier molecular flexibility index (Phi) is 4.99. The van der Waals surface area contributed by atoms with E-state index >= 15 is 0 Å². The van der Waals surface area contributed by atoms with E-state index in [9.17, 15) is 4.79 Å². The van der Waals surface area contributed by atoms with Gasteiger partial charge in [-0.1, -0.05) is 48.5 Å². The highest BCUT2D eigenvalue weighted by molar-refractivity contribution is 5.84. The van der Waals surface area contributed by atoms with E-state index in [0.29, 0.717) is 6.54 Å². The number of hydrogen-bond donors (Lipinski definition) is 1. The van der Waals surface area contributed by atoms with Gasteiger partial charge in [-0.15, -0.1) is 0 Å². The summed E-state index contributed by atoms with van der Waals surface area (Å²) in [6, 6.07) is 20.9. The van der Waals surface area contributed by atoms with Gasteiger partial charge in [0.25, 0.3) is 0 Å². The van der Waals surface area contributed by atoms with Crippen molar-refractivity contribution in [3.8, 4) is 0 Å². The first-order valence-electron chi connectivity index (χ1n) is 8.51. The number of nitrogens with one attached hydrogen (secondary N) is 1. The highest BCUT2D eigenvalue weighted by Crippen LogP contribution is 2.18. The lowest BCUT2D eigenvalue weighted by atomic mass is 10.1. The zero-order chi connectivity index (χ0) is 16.9. The molecule has 124 valence electrons. The third-order valence-corrected chi connectivity index (χ3v) is 4.44. The number of rotatable bonds is 6. The zero-order valence-corrected chi connectivity index (χ0v) is 14.3. The van der Waals surface area contributed by atoms with Gasteiger partial charge >= 0.3 is 0 Å². The molecule has 0 saturated heterocycles. The fraction of sp³-hybridized carbons (Fsp3) is 0.286. The first-order chi connectivity index (χ1) is 11.6. The van der Waals surface area contributed by atoms with Crippen LogP contribution in [0.3, 0.4) is 0 Å². The fourth-order valence-electron chi connectivity index (χ4n) is 3.12.